The number of carbonyl (C=O) groups is 1. The molecule has 0 aliphatic heterocycles. The summed E-state index contributed by atoms with van der Waals surface area (Å²) in [5.41, 5.74) is 0. The molecule has 0 spiro atoms. The quantitative estimate of drug-likeness (QED) is 0.295. The first-order valence-electron chi connectivity index (χ1n) is 4.56. The van der Waals surface area contributed by atoms with Crippen LogP contribution in [-0.4, -0.2) is 28.4 Å². The third-order valence-corrected chi connectivity index (χ3v) is 4.82. The van der Waals surface area contributed by atoms with E-state index in [0.29, 0.717) is 0 Å². The second kappa shape index (κ2) is 6.75. The van der Waals surface area contributed by atoms with Crippen LogP contribution in [0.2, 0.25) is 12.6 Å². The SMILES string of the molecule is CC=CC(=O)OCO[Si](C)(CC)OC. The van der Waals surface area contributed by atoms with Gasteiger partial charge < -0.3 is 13.6 Å². The van der Waals surface area contributed by atoms with E-state index in [4.69, 9.17) is 13.6 Å². The fourth-order valence-electron chi connectivity index (χ4n) is 0.702. The summed E-state index contributed by atoms with van der Waals surface area (Å²) in [6.45, 7) is 5.63. The fourth-order valence-corrected chi connectivity index (χ4v) is 1.62. The van der Waals surface area contributed by atoms with Crippen LogP contribution < -0.4 is 0 Å². The van der Waals surface area contributed by atoms with E-state index in [-0.39, 0.29) is 6.79 Å². The van der Waals surface area contributed by atoms with E-state index in [9.17, 15) is 4.79 Å². The van der Waals surface area contributed by atoms with Gasteiger partial charge in [-0.25, -0.2) is 4.79 Å². The van der Waals surface area contributed by atoms with E-state index in [1.807, 2.05) is 13.5 Å². The van der Waals surface area contributed by atoms with Crippen molar-refractivity contribution in [3.05, 3.63) is 12.2 Å². The summed E-state index contributed by atoms with van der Waals surface area (Å²) in [6, 6.07) is 0.824. The summed E-state index contributed by atoms with van der Waals surface area (Å²) in [4.78, 5) is 10.9. The minimum atomic E-state index is -2.09. The molecule has 14 heavy (non-hydrogen) atoms. The van der Waals surface area contributed by atoms with Crippen molar-refractivity contribution in [1.29, 1.82) is 0 Å². The molecule has 1 unspecified atom stereocenters. The van der Waals surface area contributed by atoms with E-state index in [0.717, 1.165) is 6.04 Å². The van der Waals surface area contributed by atoms with Gasteiger partial charge in [-0.05, 0) is 19.5 Å². The number of hydrogen-bond acceptors (Lipinski definition) is 4. The van der Waals surface area contributed by atoms with Crippen molar-refractivity contribution < 1.29 is 18.4 Å². The van der Waals surface area contributed by atoms with Gasteiger partial charge in [-0.2, -0.15) is 0 Å². The molecule has 0 rings (SSSR count). The number of hydrogen-bond donors (Lipinski definition) is 0. The third kappa shape index (κ3) is 5.16. The van der Waals surface area contributed by atoms with Crippen LogP contribution in [0.15, 0.2) is 12.2 Å². The molecule has 0 saturated heterocycles. The van der Waals surface area contributed by atoms with Crippen molar-refractivity contribution in [2.75, 3.05) is 13.9 Å². The molecule has 4 nitrogen and oxygen atoms in total. The molecular formula is C9H18O4Si. The van der Waals surface area contributed by atoms with Gasteiger partial charge in [0.25, 0.3) is 0 Å². The van der Waals surface area contributed by atoms with E-state index in [1.54, 1.807) is 20.1 Å². The van der Waals surface area contributed by atoms with Crippen molar-refractivity contribution in [1.82, 2.24) is 0 Å². The molecule has 0 amide bonds. The monoisotopic (exact) mass is 218 g/mol. The minimum Gasteiger partial charge on any atom is -0.436 e. The summed E-state index contributed by atoms with van der Waals surface area (Å²) in [7, 11) is -0.474. The van der Waals surface area contributed by atoms with Crippen molar-refractivity contribution in [3.63, 3.8) is 0 Å². The van der Waals surface area contributed by atoms with E-state index < -0.39 is 14.5 Å². The highest BCUT2D eigenvalue weighted by Crippen LogP contribution is 2.10. The Bertz CT molecular complexity index is 199. The van der Waals surface area contributed by atoms with Crippen molar-refractivity contribution in [2.24, 2.45) is 0 Å². The second-order valence-electron chi connectivity index (χ2n) is 2.92. The average Bonchev–Trinajstić information content (AvgIpc) is 2.18. The Balaban J connectivity index is 3.77. The standard InChI is InChI=1S/C9H18O4Si/c1-5-7-9(10)12-8-13-14(4,6-2)11-3/h5,7H,6,8H2,1-4H3. The maximum Gasteiger partial charge on any atom is 0.336 e. The molecular weight excluding hydrogens is 200 g/mol. The lowest BCUT2D eigenvalue weighted by molar-refractivity contribution is -0.145. The predicted octanol–water partition coefficient (Wildman–Crippen LogP) is 1.82. The largest absolute Gasteiger partial charge is 0.436 e. The van der Waals surface area contributed by atoms with Crippen molar-refractivity contribution in [2.45, 2.75) is 26.4 Å². The number of esters is 1. The Morgan fingerprint density at radius 1 is 1.50 bits per heavy atom. The van der Waals surface area contributed by atoms with Gasteiger partial charge in [0.1, 0.15) is 0 Å². The van der Waals surface area contributed by atoms with E-state index >= 15 is 0 Å². The summed E-state index contributed by atoms with van der Waals surface area (Å²) in [6.07, 6.45) is 2.97. The molecule has 1 atom stereocenters. The molecule has 5 heteroatoms. The van der Waals surface area contributed by atoms with Crippen LogP contribution in [0.3, 0.4) is 0 Å². The van der Waals surface area contributed by atoms with Crippen molar-refractivity contribution in [3.8, 4) is 0 Å². The van der Waals surface area contributed by atoms with Gasteiger partial charge in [-0.1, -0.05) is 13.0 Å². The molecule has 0 N–H and O–H groups in total. The Kier molecular flexibility index (Phi) is 6.43. The highest BCUT2D eigenvalue weighted by molar-refractivity contribution is 6.65. The zero-order valence-electron chi connectivity index (χ0n) is 9.20. The zero-order chi connectivity index (χ0) is 11.0. The maximum atomic E-state index is 10.9. The highest BCUT2D eigenvalue weighted by Gasteiger charge is 2.27. The Hall–Kier alpha value is -0.653. The molecule has 0 aliphatic carbocycles. The molecule has 0 aromatic rings. The van der Waals surface area contributed by atoms with Crippen LogP contribution in [0.25, 0.3) is 0 Å². The van der Waals surface area contributed by atoms with E-state index in [1.165, 1.54) is 6.08 Å². The summed E-state index contributed by atoms with van der Waals surface area (Å²) in [5, 5.41) is 0. The lowest BCUT2D eigenvalue weighted by Gasteiger charge is -2.22. The van der Waals surface area contributed by atoms with Gasteiger partial charge in [-0.3, -0.25) is 0 Å². The van der Waals surface area contributed by atoms with Gasteiger partial charge in [0, 0.05) is 13.2 Å². The average molecular weight is 218 g/mol. The molecule has 0 aromatic carbocycles. The first-order chi connectivity index (χ1) is 6.58. The summed E-state index contributed by atoms with van der Waals surface area (Å²) >= 11 is 0. The second-order valence-corrected chi connectivity index (χ2v) is 6.59. The van der Waals surface area contributed by atoms with Crippen LogP contribution in [-0.2, 0) is 18.4 Å². The van der Waals surface area contributed by atoms with Crippen LogP contribution in [0.1, 0.15) is 13.8 Å². The lowest BCUT2D eigenvalue weighted by atomic mass is 10.5. The van der Waals surface area contributed by atoms with Gasteiger partial charge >= 0.3 is 14.5 Å². The van der Waals surface area contributed by atoms with Gasteiger partial charge in [0.05, 0.1) is 0 Å². The summed E-state index contributed by atoms with van der Waals surface area (Å²) in [5.74, 6) is -0.393. The first kappa shape index (κ1) is 13.3. The number of ether oxygens (including phenoxy) is 1. The minimum absolute atomic E-state index is 0.0342. The molecule has 0 saturated carbocycles. The van der Waals surface area contributed by atoms with Gasteiger partial charge in [0.2, 0.25) is 0 Å². The smallest absolute Gasteiger partial charge is 0.336 e. The maximum absolute atomic E-state index is 10.9. The number of carbonyl (C=O) groups excluding carboxylic acids is 1. The topological polar surface area (TPSA) is 44.8 Å². The Labute approximate surface area is 86.1 Å². The Morgan fingerprint density at radius 3 is 2.57 bits per heavy atom. The molecule has 0 aromatic heterocycles. The Morgan fingerprint density at radius 2 is 2.14 bits per heavy atom. The van der Waals surface area contributed by atoms with Crippen LogP contribution in [0.4, 0.5) is 0 Å². The lowest BCUT2D eigenvalue weighted by Crippen LogP contribution is -2.37. The van der Waals surface area contributed by atoms with Crippen molar-refractivity contribution >= 4 is 14.5 Å². The normalized spacial score (nSPS) is 15.4. The molecule has 82 valence electrons. The fraction of sp³-hybridized carbons (Fsp3) is 0.667. The molecule has 0 fully saturated rings. The molecule has 0 aliphatic rings. The molecule has 0 bridgehead atoms. The zero-order valence-corrected chi connectivity index (χ0v) is 10.2. The number of allylic oxidation sites excluding steroid dienone is 1. The van der Waals surface area contributed by atoms with Gasteiger partial charge in [0.15, 0.2) is 6.79 Å². The van der Waals surface area contributed by atoms with Crippen LogP contribution in [0.5, 0.6) is 0 Å². The first-order valence-corrected chi connectivity index (χ1v) is 7.09. The number of rotatable bonds is 6. The highest BCUT2D eigenvalue weighted by atomic mass is 28.4. The summed E-state index contributed by atoms with van der Waals surface area (Å²) < 4.78 is 15.4. The molecule has 0 radical (unpaired) electrons. The van der Waals surface area contributed by atoms with Crippen LogP contribution in [0, 0.1) is 0 Å². The van der Waals surface area contributed by atoms with Gasteiger partial charge in [-0.15, -0.1) is 0 Å². The van der Waals surface area contributed by atoms with E-state index in [2.05, 4.69) is 0 Å². The predicted molar refractivity (Wildman–Crippen MR) is 56.0 cm³/mol. The van der Waals surface area contributed by atoms with Crippen LogP contribution >= 0.6 is 0 Å². The third-order valence-electron chi connectivity index (χ3n) is 1.94. The molecule has 0 heterocycles.